The summed E-state index contributed by atoms with van der Waals surface area (Å²) in [6.07, 6.45) is 6.22. The van der Waals surface area contributed by atoms with Crippen molar-refractivity contribution in [2.45, 2.75) is 31.3 Å². The number of phenolic OH excluding ortho intramolecular Hbond substituents is 1. The van der Waals surface area contributed by atoms with Crippen molar-refractivity contribution in [2.75, 3.05) is 33.8 Å². The molecule has 0 radical (unpaired) electrons. The molecule has 0 spiro atoms. The number of imide groups is 1. The highest BCUT2D eigenvalue weighted by Gasteiger charge is 2.60. The Morgan fingerprint density at radius 1 is 1.32 bits per heavy atom. The smallest absolute Gasteiger partial charge is 0.328 e. The average Bonchev–Trinajstić information content (AvgIpc) is 3.29. The number of methoxy groups -OCH3 is 1. The van der Waals surface area contributed by atoms with Gasteiger partial charge in [0, 0.05) is 42.2 Å². The van der Waals surface area contributed by atoms with Gasteiger partial charge in [-0.3, -0.25) is 19.5 Å². The van der Waals surface area contributed by atoms with Gasteiger partial charge >= 0.3 is 6.03 Å². The molecule has 1 saturated heterocycles. The van der Waals surface area contributed by atoms with Crippen molar-refractivity contribution in [1.82, 2.24) is 19.7 Å². The van der Waals surface area contributed by atoms with Gasteiger partial charge in [-0.2, -0.15) is 0 Å². The fourth-order valence-electron chi connectivity index (χ4n) is 5.65. The van der Waals surface area contributed by atoms with Crippen molar-refractivity contribution in [1.29, 1.82) is 0 Å². The second-order valence-electron chi connectivity index (χ2n) is 9.90. The van der Waals surface area contributed by atoms with Crippen molar-refractivity contribution in [3.8, 4) is 23.8 Å². The first-order chi connectivity index (χ1) is 17.7. The van der Waals surface area contributed by atoms with Crippen LogP contribution in [0, 0.1) is 18.2 Å². The molecule has 2 unspecified atom stereocenters. The molecule has 2 aliphatic heterocycles. The maximum atomic E-state index is 14.5. The highest BCUT2D eigenvalue weighted by molar-refractivity contribution is 6.08. The zero-order valence-corrected chi connectivity index (χ0v) is 21.0. The summed E-state index contributed by atoms with van der Waals surface area (Å²) in [5.41, 5.74) is 1.52. The van der Waals surface area contributed by atoms with Gasteiger partial charge in [0.15, 0.2) is 11.6 Å². The van der Waals surface area contributed by atoms with Crippen molar-refractivity contribution >= 4 is 22.8 Å². The number of hydrogen-bond acceptors (Lipinski definition) is 5. The third kappa shape index (κ3) is 3.89. The summed E-state index contributed by atoms with van der Waals surface area (Å²) in [6.45, 7) is 3.16. The highest BCUT2D eigenvalue weighted by Crippen LogP contribution is 2.49. The Labute approximate surface area is 214 Å². The van der Waals surface area contributed by atoms with Crippen molar-refractivity contribution in [2.24, 2.45) is 0 Å². The number of rotatable bonds is 7. The lowest BCUT2D eigenvalue weighted by Gasteiger charge is -2.42. The summed E-state index contributed by atoms with van der Waals surface area (Å²) < 4.78 is 19.8. The van der Waals surface area contributed by atoms with Crippen LogP contribution in [0.2, 0.25) is 0 Å². The van der Waals surface area contributed by atoms with Crippen molar-refractivity contribution in [3.63, 3.8) is 0 Å². The SMILES string of the molecule is C#CCN(C)CCCN1C(=O)N2C(c3cccc(O)c3)c3[nH]c4cc(F)c(OC)cc4c3CC2(C)C1=O. The van der Waals surface area contributed by atoms with Crippen LogP contribution in [-0.4, -0.2) is 76.1 Å². The number of nitrogens with zero attached hydrogens (tertiary/aromatic N) is 3. The van der Waals surface area contributed by atoms with Crippen LogP contribution >= 0.6 is 0 Å². The minimum Gasteiger partial charge on any atom is -0.508 e. The first-order valence-corrected chi connectivity index (χ1v) is 12.1. The number of benzene rings is 2. The molecule has 8 nitrogen and oxygen atoms in total. The molecule has 2 aromatic carbocycles. The molecule has 2 N–H and O–H groups in total. The molecular weight excluding hydrogens is 475 g/mol. The standard InChI is InChI=1S/C28H29FN4O4/c1-5-10-31(3)11-7-12-32-26(35)28(2)16-20-19-14-23(37-4)21(29)15-22(19)30-24(20)25(33(28)27(32)36)17-8-6-9-18(34)13-17/h1,6,8-9,13-15,25,30,34H,7,10-12,16H2,2-4H3. The Balaban J connectivity index is 1.61. The number of phenols is 1. The van der Waals surface area contributed by atoms with E-state index in [4.69, 9.17) is 11.2 Å². The summed E-state index contributed by atoms with van der Waals surface area (Å²) in [4.78, 5) is 35.8. The van der Waals surface area contributed by atoms with Gasteiger partial charge in [0.2, 0.25) is 0 Å². The number of carbonyl (C=O) groups excluding carboxylic acids is 2. The molecule has 0 saturated carbocycles. The molecule has 0 bridgehead atoms. The van der Waals surface area contributed by atoms with Crippen molar-refractivity contribution in [3.05, 3.63) is 59.0 Å². The largest absolute Gasteiger partial charge is 0.508 e. The molecule has 3 heterocycles. The van der Waals surface area contributed by atoms with Gasteiger partial charge in [-0.25, -0.2) is 9.18 Å². The highest BCUT2D eigenvalue weighted by atomic mass is 19.1. The van der Waals surface area contributed by atoms with E-state index in [-0.39, 0.29) is 30.4 Å². The number of terminal acetylenes is 1. The van der Waals surface area contributed by atoms with Crippen LogP contribution in [0.15, 0.2) is 36.4 Å². The maximum absolute atomic E-state index is 14.5. The van der Waals surface area contributed by atoms with E-state index in [9.17, 15) is 19.1 Å². The quantitative estimate of drug-likeness (QED) is 0.379. The molecule has 0 aliphatic carbocycles. The molecule has 2 atom stereocenters. The van der Waals surface area contributed by atoms with Crippen molar-refractivity contribution < 1.29 is 23.8 Å². The minimum atomic E-state index is -1.17. The van der Waals surface area contributed by atoms with Gasteiger partial charge in [0.05, 0.1) is 13.7 Å². The Hall–Kier alpha value is -4.03. The Morgan fingerprint density at radius 2 is 2.11 bits per heavy atom. The van der Waals surface area contributed by atoms with Gasteiger partial charge in [-0.1, -0.05) is 18.1 Å². The van der Waals surface area contributed by atoms with E-state index < -0.39 is 23.4 Å². The monoisotopic (exact) mass is 504 g/mol. The zero-order chi connectivity index (χ0) is 26.5. The predicted molar refractivity (Wildman–Crippen MR) is 137 cm³/mol. The van der Waals surface area contributed by atoms with E-state index in [1.54, 1.807) is 36.1 Å². The zero-order valence-electron chi connectivity index (χ0n) is 21.0. The fraction of sp³-hybridized carbons (Fsp3) is 0.357. The van der Waals surface area contributed by atoms with Crippen LogP contribution in [0.1, 0.15) is 36.2 Å². The summed E-state index contributed by atoms with van der Waals surface area (Å²) in [5, 5.41) is 11.0. The molecule has 2 aliphatic rings. The third-order valence-corrected chi connectivity index (χ3v) is 7.41. The first kappa shape index (κ1) is 24.7. The number of aromatic amines is 1. The van der Waals surface area contributed by atoms with E-state index in [2.05, 4.69) is 10.9 Å². The number of ether oxygens (including phenoxy) is 1. The van der Waals surface area contributed by atoms with Gasteiger partial charge in [0.1, 0.15) is 17.3 Å². The molecule has 1 fully saturated rings. The van der Waals surface area contributed by atoms with E-state index >= 15 is 0 Å². The molecule has 9 heteroatoms. The van der Waals surface area contributed by atoms with Gasteiger partial charge in [-0.15, -0.1) is 6.42 Å². The van der Waals surface area contributed by atoms with Gasteiger partial charge in [-0.05, 0) is 49.7 Å². The molecule has 3 amide bonds. The van der Waals surface area contributed by atoms with Gasteiger partial charge in [0.25, 0.3) is 5.91 Å². The van der Waals surface area contributed by atoms with E-state index in [1.807, 2.05) is 18.0 Å². The number of hydrogen-bond donors (Lipinski definition) is 2. The molecule has 3 aromatic rings. The lowest BCUT2D eigenvalue weighted by atomic mass is 9.81. The number of amides is 3. The second-order valence-corrected chi connectivity index (χ2v) is 9.90. The Morgan fingerprint density at radius 3 is 2.81 bits per heavy atom. The summed E-state index contributed by atoms with van der Waals surface area (Å²) in [6, 6.07) is 8.54. The lowest BCUT2D eigenvalue weighted by Crippen LogP contribution is -2.53. The topological polar surface area (TPSA) is 89.1 Å². The number of halogens is 1. The molecule has 1 aromatic heterocycles. The van der Waals surface area contributed by atoms with E-state index in [1.165, 1.54) is 18.1 Å². The summed E-state index contributed by atoms with van der Waals surface area (Å²) in [7, 11) is 3.30. The number of H-pyrrole nitrogens is 1. The van der Waals surface area contributed by atoms with Crippen LogP contribution in [-0.2, 0) is 11.2 Å². The Kier molecular flexibility index (Phi) is 6.08. The van der Waals surface area contributed by atoms with E-state index in [0.717, 1.165) is 10.9 Å². The Bertz CT molecular complexity index is 1440. The molecule has 37 heavy (non-hydrogen) atoms. The van der Waals surface area contributed by atoms with Crippen LogP contribution in [0.3, 0.4) is 0 Å². The molecule has 192 valence electrons. The minimum absolute atomic E-state index is 0.0431. The average molecular weight is 505 g/mol. The first-order valence-electron chi connectivity index (χ1n) is 12.1. The second kappa shape index (κ2) is 9.12. The number of aromatic hydroxyl groups is 1. The number of carbonyl (C=O) groups is 2. The maximum Gasteiger partial charge on any atom is 0.328 e. The van der Waals surface area contributed by atoms with Gasteiger partial charge < -0.3 is 14.8 Å². The summed E-state index contributed by atoms with van der Waals surface area (Å²) >= 11 is 0. The number of urea groups is 1. The molecular formula is C28H29FN4O4. The van der Waals surface area contributed by atoms with E-state index in [0.29, 0.717) is 36.3 Å². The number of aromatic nitrogens is 1. The van der Waals surface area contributed by atoms with Crippen LogP contribution < -0.4 is 4.74 Å². The number of nitrogens with one attached hydrogen (secondary N) is 1. The lowest BCUT2D eigenvalue weighted by molar-refractivity contribution is -0.133. The normalized spacial score (nSPS) is 20.9. The molecule has 5 rings (SSSR count). The van der Waals surface area contributed by atoms with Crippen LogP contribution in [0.25, 0.3) is 10.9 Å². The number of fused-ring (bicyclic) bond motifs is 4. The third-order valence-electron chi connectivity index (χ3n) is 7.41. The van der Waals surface area contributed by atoms with Crippen LogP contribution in [0.5, 0.6) is 11.5 Å². The van der Waals surface area contributed by atoms with Crippen LogP contribution in [0.4, 0.5) is 9.18 Å². The summed E-state index contributed by atoms with van der Waals surface area (Å²) in [5.74, 6) is 1.94. The predicted octanol–water partition coefficient (Wildman–Crippen LogP) is 3.64. The fourth-order valence-corrected chi connectivity index (χ4v) is 5.65.